The number of hydrogen-bond donors (Lipinski definition) is 1. The second kappa shape index (κ2) is 6.61. The molecule has 0 aliphatic rings. The van der Waals surface area contributed by atoms with Crippen molar-refractivity contribution >= 4 is 23.4 Å². The zero-order valence-corrected chi connectivity index (χ0v) is 12.3. The van der Waals surface area contributed by atoms with Crippen LogP contribution in [0.25, 0.3) is 0 Å². The van der Waals surface area contributed by atoms with Crippen molar-refractivity contribution in [3.05, 3.63) is 59.8 Å². The number of benzene rings is 2. The molecule has 2 aromatic carbocycles. The molecule has 0 saturated heterocycles. The summed E-state index contributed by atoms with van der Waals surface area (Å²) < 4.78 is 4.55. The predicted molar refractivity (Wildman–Crippen MR) is 85.0 cm³/mol. The Morgan fingerprint density at radius 3 is 2.57 bits per heavy atom. The van der Waals surface area contributed by atoms with Crippen molar-refractivity contribution in [1.29, 1.82) is 0 Å². The van der Waals surface area contributed by atoms with Gasteiger partial charge in [-0.1, -0.05) is 23.4 Å². The van der Waals surface area contributed by atoms with E-state index >= 15 is 0 Å². The first-order valence-corrected chi connectivity index (χ1v) is 6.85. The summed E-state index contributed by atoms with van der Waals surface area (Å²) in [5, 5.41) is 25.2. The highest BCUT2D eigenvalue weighted by atomic mass is 16.6. The van der Waals surface area contributed by atoms with Crippen molar-refractivity contribution in [2.24, 2.45) is 15.2 Å². The Balaban J connectivity index is 1.83. The lowest BCUT2D eigenvalue weighted by molar-refractivity contribution is 0.305. The van der Waals surface area contributed by atoms with Crippen LogP contribution in [0.5, 0.6) is 5.75 Å². The topological polar surface area (TPSA) is 96.2 Å². The maximum atomic E-state index is 9.91. The van der Waals surface area contributed by atoms with Crippen LogP contribution in [0.3, 0.4) is 0 Å². The number of aromatic nitrogens is 2. The summed E-state index contributed by atoms with van der Waals surface area (Å²) in [6, 6.07) is 14.3. The van der Waals surface area contributed by atoms with Gasteiger partial charge in [-0.15, -0.1) is 10.2 Å². The number of aryl methyl sites for hydroxylation is 1. The van der Waals surface area contributed by atoms with Gasteiger partial charge in [-0.2, -0.15) is 0 Å². The molecule has 0 unspecified atom stereocenters. The molecule has 0 bridgehead atoms. The van der Waals surface area contributed by atoms with Crippen LogP contribution in [0.4, 0.5) is 17.2 Å². The van der Waals surface area contributed by atoms with Gasteiger partial charge in [0.15, 0.2) is 0 Å². The summed E-state index contributed by atoms with van der Waals surface area (Å²) in [6.45, 7) is 1.72. The Hall–Kier alpha value is -3.35. The van der Waals surface area contributed by atoms with Crippen molar-refractivity contribution in [2.75, 3.05) is 0 Å². The largest absolute Gasteiger partial charge is 0.507 e. The molecule has 0 fully saturated rings. The zero-order chi connectivity index (χ0) is 16.1. The molecule has 3 rings (SSSR count). The van der Waals surface area contributed by atoms with E-state index in [9.17, 15) is 5.11 Å². The quantitative estimate of drug-likeness (QED) is 0.575. The van der Waals surface area contributed by atoms with Crippen LogP contribution < -0.4 is 0 Å². The summed E-state index contributed by atoms with van der Waals surface area (Å²) in [6.07, 6.45) is 1.58. The van der Waals surface area contributed by atoms with Crippen LogP contribution in [0.15, 0.2) is 68.4 Å². The average Bonchev–Trinajstić information content (AvgIpc) is 2.99. The smallest absolute Gasteiger partial charge is 0.240 e. The fourth-order valence-electron chi connectivity index (χ4n) is 1.79. The highest BCUT2D eigenvalue weighted by Gasteiger charge is 2.04. The minimum atomic E-state index is 0.114. The number of para-hydroxylation sites is 1. The number of phenolic OH excluding ortho intramolecular Hbond substituents is 1. The monoisotopic (exact) mass is 307 g/mol. The predicted octanol–water partition coefficient (Wildman–Crippen LogP) is 4.25. The fraction of sp³-hybridized carbons (Fsp3) is 0.0625. The third-order valence-electron chi connectivity index (χ3n) is 3.01. The Bertz CT molecular complexity index is 856. The first kappa shape index (κ1) is 14.6. The van der Waals surface area contributed by atoms with E-state index in [1.54, 1.807) is 25.3 Å². The molecule has 0 saturated carbocycles. The van der Waals surface area contributed by atoms with E-state index in [1.807, 2.05) is 30.3 Å². The Morgan fingerprint density at radius 2 is 1.83 bits per heavy atom. The highest BCUT2D eigenvalue weighted by Crippen LogP contribution is 2.24. The van der Waals surface area contributed by atoms with E-state index in [0.717, 1.165) is 5.69 Å². The van der Waals surface area contributed by atoms with Crippen molar-refractivity contribution in [3.63, 3.8) is 0 Å². The molecule has 7 heteroatoms. The van der Waals surface area contributed by atoms with Gasteiger partial charge in [0, 0.05) is 11.8 Å². The summed E-state index contributed by atoms with van der Waals surface area (Å²) in [5.74, 6) is 0.431. The van der Waals surface area contributed by atoms with Gasteiger partial charge in [0.05, 0.1) is 11.4 Å². The number of aromatic hydroxyl groups is 1. The van der Waals surface area contributed by atoms with Crippen LogP contribution in [-0.2, 0) is 0 Å². The maximum absolute atomic E-state index is 9.91. The fourth-order valence-corrected chi connectivity index (χ4v) is 1.79. The van der Waals surface area contributed by atoms with E-state index in [2.05, 4.69) is 30.2 Å². The number of nitrogens with zero attached hydrogens (tertiary/aromatic N) is 5. The molecule has 0 radical (unpaired) electrons. The highest BCUT2D eigenvalue weighted by molar-refractivity contribution is 5.86. The zero-order valence-electron chi connectivity index (χ0n) is 12.3. The van der Waals surface area contributed by atoms with Gasteiger partial charge < -0.3 is 5.11 Å². The molecule has 114 valence electrons. The SMILES string of the molecule is Cc1nonc1N=Nc1ccc(O)c(C=Nc2ccccc2)c1. The van der Waals surface area contributed by atoms with Gasteiger partial charge in [-0.3, -0.25) is 4.99 Å². The van der Waals surface area contributed by atoms with Crippen LogP contribution >= 0.6 is 0 Å². The molecule has 0 aliphatic carbocycles. The van der Waals surface area contributed by atoms with Gasteiger partial charge in [0.2, 0.25) is 5.82 Å². The van der Waals surface area contributed by atoms with E-state index in [4.69, 9.17) is 0 Å². The first-order chi connectivity index (χ1) is 11.2. The lowest BCUT2D eigenvalue weighted by Gasteiger charge is -2.00. The molecule has 23 heavy (non-hydrogen) atoms. The van der Waals surface area contributed by atoms with Gasteiger partial charge in [-0.25, -0.2) is 4.63 Å². The number of hydrogen-bond acceptors (Lipinski definition) is 7. The molecule has 3 aromatic rings. The van der Waals surface area contributed by atoms with E-state index in [-0.39, 0.29) is 5.75 Å². The molecule has 7 nitrogen and oxygen atoms in total. The molecule has 0 spiro atoms. The lowest BCUT2D eigenvalue weighted by atomic mass is 10.2. The maximum Gasteiger partial charge on any atom is 0.240 e. The standard InChI is InChI=1S/C16H13N5O2/c1-11-16(21-23-20-11)19-18-14-7-8-15(22)12(9-14)10-17-13-5-3-2-4-6-13/h2-10,22H,1H3. The molecule has 1 heterocycles. The van der Waals surface area contributed by atoms with Gasteiger partial charge in [0.25, 0.3) is 0 Å². The molecule has 0 aliphatic heterocycles. The molecular formula is C16H13N5O2. The van der Waals surface area contributed by atoms with Crippen molar-refractivity contribution in [3.8, 4) is 5.75 Å². The summed E-state index contributed by atoms with van der Waals surface area (Å²) in [5.41, 5.74) is 2.45. The van der Waals surface area contributed by atoms with E-state index in [0.29, 0.717) is 22.8 Å². The van der Waals surface area contributed by atoms with Gasteiger partial charge >= 0.3 is 0 Å². The first-order valence-electron chi connectivity index (χ1n) is 6.85. The molecule has 1 aromatic heterocycles. The summed E-state index contributed by atoms with van der Waals surface area (Å²) >= 11 is 0. The Kier molecular flexibility index (Phi) is 4.19. The minimum absolute atomic E-state index is 0.114. The Morgan fingerprint density at radius 1 is 1.00 bits per heavy atom. The molecule has 0 atom stereocenters. The summed E-state index contributed by atoms with van der Waals surface area (Å²) in [7, 11) is 0. The van der Waals surface area contributed by atoms with Crippen molar-refractivity contribution in [1.82, 2.24) is 10.3 Å². The van der Waals surface area contributed by atoms with E-state index in [1.165, 1.54) is 6.07 Å². The van der Waals surface area contributed by atoms with Crippen LogP contribution in [-0.4, -0.2) is 21.6 Å². The van der Waals surface area contributed by atoms with Crippen molar-refractivity contribution in [2.45, 2.75) is 6.92 Å². The molecule has 1 N–H and O–H groups in total. The number of phenols is 1. The second-order valence-corrected chi connectivity index (χ2v) is 4.71. The second-order valence-electron chi connectivity index (χ2n) is 4.71. The number of azo groups is 1. The lowest BCUT2D eigenvalue weighted by Crippen LogP contribution is -1.82. The average molecular weight is 307 g/mol. The molecular weight excluding hydrogens is 294 g/mol. The summed E-state index contributed by atoms with van der Waals surface area (Å²) in [4.78, 5) is 4.31. The third-order valence-corrected chi connectivity index (χ3v) is 3.01. The van der Waals surface area contributed by atoms with Crippen molar-refractivity contribution < 1.29 is 9.74 Å². The van der Waals surface area contributed by atoms with Crippen LogP contribution in [0.2, 0.25) is 0 Å². The number of aliphatic imine (C=N–C) groups is 1. The normalized spacial score (nSPS) is 11.5. The van der Waals surface area contributed by atoms with Crippen LogP contribution in [0.1, 0.15) is 11.3 Å². The minimum Gasteiger partial charge on any atom is -0.507 e. The van der Waals surface area contributed by atoms with Crippen LogP contribution in [0, 0.1) is 6.92 Å². The van der Waals surface area contributed by atoms with Gasteiger partial charge in [-0.05, 0) is 42.4 Å². The Labute approximate surface area is 132 Å². The van der Waals surface area contributed by atoms with Gasteiger partial charge in [0.1, 0.15) is 11.4 Å². The number of rotatable bonds is 4. The molecule has 0 amide bonds. The third kappa shape index (κ3) is 3.65. The van der Waals surface area contributed by atoms with E-state index < -0.39 is 0 Å².